The molecule has 1 aromatic carbocycles. The first kappa shape index (κ1) is 17.8. The normalized spacial score (nSPS) is 19.9. The highest BCUT2D eigenvalue weighted by molar-refractivity contribution is 6.10. The van der Waals surface area contributed by atoms with Crippen molar-refractivity contribution in [1.29, 1.82) is 0 Å². The smallest absolute Gasteiger partial charge is 0.152 e. The van der Waals surface area contributed by atoms with E-state index in [-0.39, 0.29) is 0 Å². The zero-order chi connectivity index (χ0) is 20.0. The zero-order valence-electron chi connectivity index (χ0n) is 17.0. The number of hydrogen-bond acceptors (Lipinski definition) is 6. The summed E-state index contributed by atoms with van der Waals surface area (Å²) in [5, 5.41) is 5.86. The van der Waals surface area contributed by atoms with E-state index < -0.39 is 0 Å². The number of ether oxygens (including phenoxy) is 1. The van der Waals surface area contributed by atoms with Gasteiger partial charge in [0.05, 0.1) is 6.54 Å². The number of amidine groups is 1. The Kier molecular flexibility index (Phi) is 4.20. The summed E-state index contributed by atoms with van der Waals surface area (Å²) in [7, 11) is 0. The monoisotopic (exact) mass is 399 g/mol. The molecule has 6 nitrogen and oxygen atoms in total. The lowest BCUT2D eigenvalue weighted by molar-refractivity contribution is 0.0254. The van der Waals surface area contributed by atoms with E-state index in [0.29, 0.717) is 12.0 Å². The lowest BCUT2D eigenvalue weighted by Gasteiger charge is -2.33. The fourth-order valence-electron chi connectivity index (χ4n) is 5.07. The van der Waals surface area contributed by atoms with Crippen LogP contribution in [0.15, 0.2) is 53.8 Å². The Morgan fingerprint density at radius 1 is 1.00 bits per heavy atom. The Morgan fingerprint density at radius 2 is 1.93 bits per heavy atom. The summed E-state index contributed by atoms with van der Waals surface area (Å²) in [6, 6.07) is 12.6. The van der Waals surface area contributed by atoms with Gasteiger partial charge in [-0.1, -0.05) is 6.07 Å². The van der Waals surface area contributed by atoms with Crippen LogP contribution in [0.2, 0.25) is 0 Å². The molecule has 0 bridgehead atoms. The van der Waals surface area contributed by atoms with Gasteiger partial charge >= 0.3 is 0 Å². The van der Waals surface area contributed by atoms with Crippen LogP contribution < -0.4 is 10.2 Å². The van der Waals surface area contributed by atoms with Crippen LogP contribution in [0, 0.1) is 5.41 Å². The Morgan fingerprint density at radius 3 is 2.87 bits per heavy atom. The number of aliphatic imine (C=N–C) groups is 1. The minimum Gasteiger partial charge on any atom is -0.381 e. The first-order valence-corrected chi connectivity index (χ1v) is 10.8. The molecule has 30 heavy (non-hydrogen) atoms. The number of aromatic nitrogens is 2. The van der Waals surface area contributed by atoms with Gasteiger partial charge in [-0.05, 0) is 60.4 Å². The summed E-state index contributed by atoms with van der Waals surface area (Å²) in [5.41, 5.74) is 3.55. The molecule has 2 aromatic heterocycles. The zero-order valence-corrected chi connectivity index (χ0v) is 17.0. The molecule has 0 atom stereocenters. The van der Waals surface area contributed by atoms with Crippen LogP contribution in [-0.2, 0) is 11.3 Å². The summed E-state index contributed by atoms with van der Waals surface area (Å²) in [6.07, 6.45) is 7.32. The largest absolute Gasteiger partial charge is 0.381 e. The maximum absolute atomic E-state index is 5.60. The van der Waals surface area contributed by atoms with E-state index in [2.05, 4.69) is 50.5 Å². The van der Waals surface area contributed by atoms with Gasteiger partial charge in [-0.25, -0.2) is 4.98 Å². The van der Waals surface area contributed by atoms with Gasteiger partial charge in [0.25, 0.3) is 0 Å². The van der Waals surface area contributed by atoms with E-state index in [0.717, 1.165) is 49.3 Å². The second-order valence-electron chi connectivity index (χ2n) is 8.66. The second kappa shape index (κ2) is 7.06. The molecule has 2 saturated heterocycles. The molecular weight excluding hydrogens is 374 g/mol. The lowest BCUT2D eigenvalue weighted by Crippen LogP contribution is -2.33. The molecule has 5 heterocycles. The number of hydrogen-bond donors (Lipinski definition) is 1. The SMILES string of the molecule is c1cnc2c(c1)CN=C2Nc1ccc2c(N3CCC4(CCOCC4)C3)nccc2c1. The lowest BCUT2D eigenvalue weighted by atomic mass is 9.80. The number of pyridine rings is 2. The first-order chi connectivity index (χ1) is 14.8. The molecule has 0 aliphatic carbocycles. The number of nitrogens with zero attached hydrogens (tertiary/aromatic N) is 4. The average Bonchev–Trinajstić information content (AvgIpc) is 3.38. The summed E-state index contributed by atoms with van der Waals surface area (Å²) in [4.78, 5) is 16.4. The number of nitrogens with one attached hydrogen (secondary N) is 1. The van der Waals surface area contributed by atoms with Crippen molar-refractivity contribution in [1.82, 2.24) is 9.97 Å². The van der Waals surface area contributed by atoms with E-state index in [1.807, 2.05) is 18.5 Å². The van der Waals surface area contributed by atoms with E-state index in [9.17, 15) is 0 Å². The molecule has 6 heteroatoms. The maximum Gasteiger partial charge on any atom is 0.152 e. The molecule has 3 aliphatic rings. The number of fused-ring (bicyclic) bond motifs is 2. The predicted molar refractivity (Wildman–Crippen MR) is 119 cm³/mol. The van der Waals surface area contributed by atoms with E-state index in [4.69, 9.17) is 9.72 Å². The van der Waals surface area contributed by atoms with Gasteiger partial charge in [0.2, 0.25) is 0 Å². The first-order valence-electron chi connectivity index (χ1n) is 10.8. The van der Waals surface area contributed by atoms with E-state index in [1.165, 1.54) is 35.6 Å². The molecule has 1 N–H and O–H groups in total. The number of anilines is 2. The highest BCUT2D eigenvalue weighted by Gasteiger charge is 2.40. The molecule has 2 fully saturated rings. The van der Waals surface area contributed by atoms with Crippen molar-refractivity contribution in [2.24, 2.45) is 10.4 Å². The van der Waals surface area contributed by atoms with Crippen molar-refractivity contribution in [3.8, 4) is 0 Å². The van der Waals surface area contributed by atoms with Crippen molar-refractivity contribution in [3.63, 3.8) is 0 Å². The van der Waals surface area contributed by atoms with Crippen molar-refractivity contribution >= 4 is 28.1 Å². The summed E-state index contributed by atoms with van der Waals surface area (Å²) in [6.45, 7) is 4.64. The van der Waals surface area contributed by atoms with Crippen LogP contribution in [-0.4, -0.2) is 42.1 Å². The Balaban J connectivity index is 1.27. The third-order valence-corrected chi connectivity index (χ3v) is 6.82. The molecule has 3 aliphatic heterocycles. The molecule has 1 spiro atoms. The quantitative estimate of drug-likeness (QED) is 0.705. The topological polar surface area (TPSA) is 62.6 Å². The van der Waals surface area contributed by atoms with Gasteiger partial charge < -0.3 is 15.0 Å². The molecule has 0 amide bonds. The maximum atomic E-state index is 5.60. The molecule has 6 rings (SSSR count). The van der Waals surface area contributed by atoms with Crippen molar-refractivity contribution in [2.75, 3.05) is 36.5 Å². The molecule has 0 unspecified atom stereocenters. The van der Waals surface area contributed by atoms with Crippen molar-refractivity contribution in [3.05, 3.63) is 60.0 Å². The van der Waals surface area contributed by atoms with E-state index >= 15 is 0 Å². The standard InChI is InChI=1S/C24H25N5O/c1-2-18-15-27-22(21(18)25-9-1)28-19-3-4-20-17(14-19)5-10-26-23(20)29-11-6-24(16-29)7-12-30-13-8-24/h1-5,9-10,14H,6-8,11-13,15-16H2,(H,27,28). The summed E-state index contributed by atoms with van der Waals surface area (Å²) >= 11 is 0. The van der Waals surface area contributed by atoms with Gasteiger partial charge in [0.1, 0.15) is 11.5 Å². The molecule has 0 radical (unpaired) electrons. The highest BCUT2D eigenvalue weighted by Crippen LogP contribution is 2.42. The van der Waals surface area contributed by atoms with Crippen LogP contribution in [0.3, 0.4) is 0 Å². The second-order valence-corrected chi connectivity index (χ2v) is 8.66. The van der Waals surface area contributed by atoms with Gasteiger partial charge in [-0.3, -0.25) is 9.98 Å². The van der Waals surface area contributed by atoms with Crippen LogP contribution >= 0.6 is 0 Å². The van der Waals surface area contributed by atoms with Crippen LogP contribution in [0.5, 0.6) is 0 Å². The van der Waals surface area contributed by atoms with Gasteiger partial charge in [0, 0.05) is 55.3 Å². The third-order valence-electron chi connectivity index (χ3n) is 6.82. The van der Waals surface area contributed by atoms with Crippen LogP contribution in [0.4, 0.5) is 11.5 Å². The molecule has 3 aromatic rings. The summed E-state index contributed by atoms with van der Waals surface area (Å²) < 4.78 is 5.60. The van der Waals surface area contributed by atoms with Crippen molar-refractivity contribution < 1.29 is 4.74 Å². The predicted octanol–water partition coefficient (Wildman–Crippen LogP) is 4.01. The summed E-state index contributed by atoms with van der Waals surface area (Å²) in [5.74, 6) is 1.95. The Hall–Kier alpha value is -2.99. The molecule has 0 saturated carbocycles. The minimum atomic E-state index is 0.407. The minimum absolute atomic E-state index is 0.407. The third kappa shape index (κ3) is 3.03. The Labute approximate surface area is 176 Å². The van der Waals surface area contributed by atoms with Crippen LogP contribution in [0.1, 0.15) is 30.5 Å². The average molecular weight is 399 g/mol. The highest BCUT2D eigenvalue weighted by atomic mass is 16.5. The fourth-order valence-corrected chi connectivity index (χ4v) is 5.07. The molecule has 152 valence electrons. The Bertz CT molecular complexity index is 1140. The molecular formula is C24H25N5O. The fraction of sp³-hybridized carbons (Fsp3) is 0.375. The number of benzene rings is 1. The number of rotatable bonds is 2. The van der Waals surface area contributed by atoms with E-state index in [1.54, 1.807) is 0 Å². The van der Waals surface area contributed by atoms with Crippen molar-refractivity contribution in [2.45, 2.75) is 25.8 Å². The van der Waals surface area contributed by atoms with Gasteiger partial charge in [-0.15, -0.1) is 0 Å². The van der Waals surface area contributed by atoms with Crippen LogP contribution in [0.25, 0.3) is 10.8 Å². The van der Waals surface area contributed by atoms with Gasteiger partial charge in [0.15, 0.2) is 5.84 Å². The van der Waals surface area contributed by atoms with Gasteiger partial charge in [-0.2, -0.15) is 0 Å².